The number of sulfonamides is 1. The molecule has 0 aliphatic rings. The van der Waals surface area contributed by atoms with Crippen LogP contribution in [0.2, 0.25) is 5.02 Å². The lowest BCUT2D eigenvalue weighted by Gasteiger charge is -1.98. The predicted molar refractivity (Wildman–Crippen MR) is 87.9 cm³/mol. The number of hydrogen-bond acceptors (Lipinski definition) is 4. The molecule has 0 bridgehead atoms. The Labute approximate surface area is 137 Å². The summed E-state index contributed by atoms with van der Waals surface area (Å²) < 4.78 is 27.8. The number of fused-ring (bicyclic) bond motifs is 1. The first-order valence-electron chi connectivity index (χ1n) is 6.62. The third kappa shape index (κ3) is 2.93. The summed E-state index contributed by atoms with van der Waals surface area (Å²) in [5.41, 5.74) is 1.46. The fourth-order valence-corrected chi connectivity index (χ4v) is 3.15. The number of aromatic amines is 1. The van der Waals surface area contributed by atoms with Crippen molar-refractivity contribution in [3.8, 4) is 5.88 Å². The van der Waals surface area contributed by atoms with Gasteiger partial charge in [-0.25, -0.2) is 0 Å². The molecular weight excluding hydrogens is 338 g/mol. The molecule has 3 aromatic rings. The van der Waals surface area contributed by atoms with Crippen molar-refractivity contribution in [1.82, 2.24) is 4.98 Å². The SMILES string of the molecule is Cc1ccc(S(=O)(=O)N=Nc2c(O)[nH]c3cccc(Cl)c23)cc1. The van der Waals surface area contributed by atoms with Crippen LogP contribution in [0.1, 0.15) is 5.56 Å². The molecule has 2 aromatic carbocycles. The molecular formula is C15H12ClN3O3S. The highest BCUT2D eigenvalue weighted by Crippen LogP contribution is 2.39. The zero-order valence-corrected chi connectivity index (χ0v) is 13.6. The highest BCUT2D eigenvalue weighted by atomic mass is 35.5. The van der Waals surface area contributed by atoms with Crippen molar-refractivity contribution in [2.45, 2.75) is 11.8 Å². The van der Waals surface area contributed by atoms with E-state index in [0.29, 0.717) is 15.9 Å². The second-order valence-corrected chi connectivity index (χ2v) is 6.95. The zero-order chi connectivity index (χ0) is 16.6. The summed E-state index contributed by atoms with van der Waals surface area (Å²) in [6.07, 6.45) is 0. The van der Waals surface area contributed by atoms with Crippen LogP contribution in [0.3, 0.4) is 0 Å². The number of aromatic nitrogens is 1. The van der Waals surface area contributed by atoms with Crippen LogP contribution in [-0.4, -0.2) is 18.5 Å². The molecule has 0 fully saturated rings. The lowest BCUT2D eigenvalue weighted by Crippen LogP contribution is -1.95. The summed E-state index contributed by atoms with van der Waals surface area (Å²) in [6, 6.07) is 11.2. The smallest absolute Gasteiger partial charge is 0.299 e. The van der Waals surface area contributed by atoms with Crippen LogP contribution in [0, 0.1) is 6.92 Å². The average Bonchev–Trinajstić information content (AvgIpc) is 2.82. The Balaban J connectivity index is 2.06. The highest BCUT2D eigenvalue weighted by Gasteiger charge is 2.16. The van der Waals surface area contributed by atoms with Crippen LogP contribution in [0.4, 0.5) is 5.69 Å². The van der Waals surface area contributed by atoms with Gasteiger partial charge in [-0.15, -0.1) is 5.11 Å². The number of H-pyrrole nitrogens is 1. The van der Waals surface area contributed by atoms with E-state index in [1.54, 1.807) is 30.3 Å². The molecule has 0 atom stereocenters. The number of hydrogen-bond donors (Lipinski definition) is 2. The minimum Gasteiger partial charge on any atom is -0.493 e. The summed E-state index contributed by atoms with van der Waals surface area (Å²) in [5, 5.41) is 14.3. The van der Waals surface area contributed by atoms with Crippen molar-refractivity contribution in [3.63, 3.8) is 0 Å². The fourth-order valence-electron chi connectivity index (χ4n) is 2.12. The van der Waals surface area contributed by atoms with Crippen LogP contribution in [-0.2, 0) is 10.0 Å². The van der Waals surface area contributed by atoms with Crippen LogP contribution in [0.5, 0.6) is 5.88 Å². The molecule has 0 amide bonds. The first-order chi connectivity index (χ1) is 10.9. The van der Waals surface area contributed by atoms with E-state index in [0.717, 1.165) is 5.56 Å². The molecule has 2 N–H and O–H groups in total. The second kappa shape index (κ2) is 5.68. The molecule has 0 unspecified atom stereocenters. The van der Waals surface area contributed by atoms with Crippen molar-refractivity contribution in [3.05, 3.63) is 53.1 Å². The highest BCUT2D eigenvalue weighted by molar-refractivity contribution is 7.90. The maximum absolute atomic E-state index is 12.2. The number of benzene rings is 2. The normalized spacial score (nSPS) is 12.3. The first-order valence-corrected chi connectivity index (χ1v) is 8.44. The molecule has 0 radical (unpaired) electrons. The van der Waals surface area contributed by atoms with Gasteiger partial charge >= 0.3 is 0 Å². The van der Waals surface area contributed by atoms with E-state index in [2.05, 4.69) is 14.6 Å². The molecule has 1 aromatic heterocycles. The Morgan fingerprint density at radius 2 is 1.83 bits per heavy atom. The molecule has 23 heavy (non-hydrogen) atoms. The minimum atomic E-state index is -3.96. The van der Waals surface area contributed by atoms with Crippen LogP contribution < -0.4 is 0 Å². The van der Waals surface area contributed by atoms with Crippen molar-refractivity contribution in [1.29, 1.82) is 0 Å². The monoisotopic (exact) mass is 349 g/mol. The summed E-state index contributed by atoms with van der Waals surface area (Å²) in [4.78, 5) is 2.70. The van der Waals surface area contributed by atoms with Gasteiger partial charge in [-0.2, -0.15) is 8.42 Å². The number of aryl methyl sites for hydroxylation is 1. The Morgan fingerprint density at radius 3 is 2.52 bits per heavy atom. The van der Waals surface area contributed by atoms with E-state index in [1.165, 1.54) is 12.1 Å². The maximum Gasteiger partial charge on any atom is 0.299 e. The summed E-state index contributed by atoms with van der Waals surface area (Å²) in [7, 11) is -3.96. The average molecular weight is 350 g/mol. The van der Waals surface area contributed by atoms with Gasteiger partial charge in [0.25, 0.3) is 10.0 Å². The predicted octanol–water partition coefficient (Wildman–Crippen LogP) is 4.31. The van der Waals surface area contributed by atoms with Gasteiger partial charge in [0.05, 0.1) is 15.4 Å². The van der Waals surface area contributed by atoms with Gasteiger partial charge in [0.2, 0.25) is 5.88 Å². The van der Waals surface area contributed by atoms with E-state index in [4.69, 9.17) is 11.6 Å². The van der Waals surface area contributed by atoms with Crippen molar-refractivity contribution < 1.29 is 13.5 Å². The summed E-state index contributed by atoms with van der Waals surface area (Å²) in [6.45, 7) is 1.85. The Kier molecular flexibility index (Phi) is 3.83. The molecule has 0 aliphatic carbocycles. The molecule has 0 aliphatic heterocycles. The van der Waals surface area contributed by atoms with Gasteiger partial charge < -0.3 is 10.1 Å². The number of nitrogens with zero attached hydrogens (tertiary/aromatic N) is 2. The standard InChI is InChI=1S/C15H12ClN3O3S/c1-9-5-7-10(8-6-9)23(21,22)19-18-14-13-11(16)3-2-4-12(13)17-15(14)20/h2-8,17,20H,1H3. The van der Waals surface area contributed by atoms with Crippen molar-refractivity contribution in [2.24, 2.45) is 9.63 Å². The van der Waals surface area contributed by atoms with Crippen molar-refractivity contribution in [2.75, 3.05) is 0 Å². The summed E-state index contributed by atoms with van der Waals surface area (Å²) in [5.74, 6) is -0.295. The van der Waals surface area contributed by atoms with Gasteiger partial charge in [0, 0.05) is 5.39 Å². The number of nitrogens with one attached hydrogen (secondary N) is 1. The van der Waals surface area contributed by atoms with E-state index in [9.17, 15) is 13.5 Å². The molecule has 8 heteroatoms. The largest absolute Gasteiger partial charge is 0.493 e. The number of rotatable bonds is 3. The van der Waals surface area contributed by atoms with Crippen LogP contribution in [0.15, 0.2) is 57.0 Å². The molecule has 1 heterocycles. The van der Waals surface area contributed by atoms with E-state index < -0.39 is 10.0 Å². The fraction of sp³-hybridized carbons (Fsp3) is 0.0667. The maximum atomic E-state index is 12.2. The third-order valence-corrected chi connectivity index (χ3v) is 4.77. The Bertz CT molecular complexity index is 1010. The van der Waals surface area contributed by atoms with Gasteiger partial charge in [0.15, 0.2) is 5.69 Å². The molecule has 0 saturated heterocycles. The topological polar surface area (TPSA) is 94.9 Å². The van der Waals surface area contributed by atoms with Gasteiger partial charge in [-0.3, -0.25) is 0 Å². The first kappa shape index (κ1) is 15.5. The molecule has 0 saturated carbocycles. The van der Waals surface area contributed by atoms with E-state index in [1.807, 2.05) is 6.92 Å². The van der Waals surface area contributed by atoms with Crippen LogP contribution in [0.25, 0.3) is 10.9 Å². The third-order valence-electron chi connectivity index (χ3n) is 3.29. The van der Waals surface area contributed by atoms with Gasteiger partial charge in [0.1, 0.15) is 0 Å². The van der Waals surface area contributed by atoms with Crippen molar-refractivity contribution >= 4 is 38.2 Å². The molecule has 118 valence electrons. The van der Waals surface area contributed by atoms with Gasteiger partial charge in [-0.05, 0) is 31.2 Å². The summed E-state index contributed by atoms with van der Waals surface area (Å²) >= 11 is 6.08. The van der Waals surface area contributed by atoms with Gasteiger partial charge in [-0.1, -0.05) is 39.9 Å². The number of halogens is 1. The molecule has 6 nitrogen and oxygen atoms in total. The Morgan fingerprint density at radius 1 is 1.13 bits per heavy atom. The number of aromatic hydroxyl groups is 1. The van der Waals surface area contributed by atoms with E-state index >= 15 is 0 Å². The molecule has 3 rings (SSSR count). The van der Waals surface area contributed by atoms with E-state index in [-0.39, 0.29) is 16.5 Å². The lowest BCUT2D eigenvalue weighted by atomic mass is 10.2. The quantitative estimate of drug-likeness (QED) is 0.690. The zero-order valence-electron chi connectivity index (χ0n) is 12.0. The minimum absolute atomic E-state index is 0.0127. The molecule has 0 spiro atoms. The second-order valence-electron chi connectivity index (χ2n) is 4.95. The Hall–Kier alpha value is -2.38. The van der Waals surface area contributed by atoms with Crippen LogP contribution >= 0.6 is 11.6 Å². The lowest BCUT2D eigenvalue weighted by molar-refractivity contribution is 0.459.